The number of piperidine rings is 1. The maximum atomic E-state index is 6.12. The van der Waals surface area contributed by atoms with Gasteiger partial charge in [0.2, 0.25) is 12.1 Å². The molecule has 4 heterocycles. The van der Waals surface area contributed by atoms with Crippen molar-refractivity contribution in [3.05, 3.63) is 34.4 Å². The number of benzene rings is 1. The predicted molar refractivity (Wildman–Crippen MR) is 118 cm³/mol. The van der Waals surface area contributed by atoms with Gasteiger partial charge in [-0.25, -0.2) is 4.98 Å². The van der Waals surface area contributed by atoms with Gasteiger partial charge in [-0.05, 0) is 61.5 Å². The highest BCUT2D eigenvalue weighted by Gasteiger charge is 2.22. The number of nitrogens with two attached hydrogens (primary N) is 1. The number of nitrogens with zero attached hydrogens (tertiary/aromatic N) is 4. The number of anilines is 1. The van der Waals surface area contributed by atoms with Gasteiger partial charge in [-0.3, -0.25) is 0 Å². The Morgan fingerprint density at radius 2 is 2.10 bits per heavy atom. The molecule has 31 heavy (non-hydrogen) atoms. The van der Waals surface area contributed by atoms with Crippen LogP contribution >= 0.6 is 11.6 Å². The normalized spacial score (nSPS) is 17.7. The van der Waals surface area contributed by atoms with Crippen molar-refractivity contribution in [1.82, 2.24) is 24.8 Å². The van der Waals surface area contributed by atoms with Crippen molar-refractivity contribution in [3.63, 3.8) is 0 Å². The number of aromatic nitrogens is 4. The summed E-state index contributed by atoms with van der Waals surface area (Å²) < 4.78 is 13.1. The minimum atomic E-state index is 0.115. The van der Waals surface area contributed by atoms with Crippen molar-refractivity contribution >= 4 is 28.6 Å². The molecule has 3 aromatic rings. The number of rotatable bonds is 5. The van der Waals surface area contributed by atoms with Crippen LogP contribution < -0.4 is 20.5 Å². The Labute approximate surface area is 185 Å². The zero-order valence-corrected chi connectivity index (χ0v) is 17.8. The molecule has 1 saturated heterocycles. The second kappa shape index (κ2) is 8.25. The summed E-state index contributed by atoms with van der Waals surface area (Å²) in [7, 11) is 0. The van der Waals surface area contributed by atoms with E-state index >= 15 is 0 Å². The van der Waals surface area contributed by atoms with E-state index in [0.717, 1.165) is 43.0 Å². The van der Waals surface area contributed by atoms with Gasteiger partial charge in [0.05, 0.1) is 0 Å². The van der Waals surface area contributed by atoms with E-state index < -0.39 is 0 Å². The van der Waals surface area contributed by atoms with E-state index in [0.29, 0.717) is 35.0 Å². The van der Waals surface area contributed by atoms with Crippen molar-refractivity contribution in [2.45, 2.75) is 32.2 Å². The van der Waals surface area contributed by atoms with Crippen molar-refractivity contribution in [3.8, 4) is 23.8 Å². The van der Waals surface area contributed by atoms with Gasteiger partial charge < -0.3 is 25.1 Å². The van der Waals surface area contributed by atoms with E-state index in [9.17, 15) is 0 Å². The number of ether oxygens (including phenoxy) is 2. The third kappa shape index (κ3) is 3.87. The van der Waals surface area contributed by atoms with E-state index in [1.807, 2.05) is 12.1 Å². The molecule has 1 fully saturated rings. The fourth-order valence-corrected chi connectivity index (χ4v) is 4.50. The van der Waals surface area contributed by atoms with Crippen molar-refractivity contribution in [2.75, 3.05) is 25.6 Å². The zero-order valence-electron chi connectivity index (χ0n) is 17.0. The Balaban J connectivity index is 1.53. The van der Waals surface area contributed by atoms with E-state index in [4.69, 9.17) is 38.2 Å². The number of aryl methyl sites for hydroxylation is 1. The van der Waals surface area contributed by atoms with Gasteiger partial charge in [0.15, 0.2) is 28.5 Å². The molecule has 2 aromatic heterocycles. The molecule has 0 saturated carbocycles. The first-order valence-electron chi connectivity index (χ1n) is 10.4. The molecule has 5 rings (SSSR count). The molecule has 1 atom stereocenters. The average molecular weight is 439 g/mol. The summed E-state index contributed by atoms with van der Waals surface area (Å²) in [6, 6.07) is 3.76. The molecule has 0 radical (unpaired) electrons. The molecule has 0 bridgehead atoms. The number of terminal acetylenes is 1. The lowest BCUT2D eigenvalue weighted by Gasteiger charge is -2.23. The third-order valence-corrected chi connectivity index (χ3v) is 6.10. The number of fused-ring (bicyclic) bond motifs is 2. The van der Waals surface area contributed by atoms with Crippen LogP contribution in [-0.4, -0.2) is 39.4 Å². The van der Waals surface area contributed by atoms with Crippen molar-refractivity contribution in [1.29, 1.82) is 0 Å². The molecule has 8 nitrogen and oxygen atoms in total. The summed E-state index contributed by atoms with van der Waals surface area (Å²) in [5.41, 5.74) is 9.00. The Morgan fingerprint density at radius 1 is 1.26 bits per heavy atom. The number of nitrogens with one attached hydrogen (secondary N) is 1. The Bertz CT molecular complexity index is 1180. The number of hydrogen-bond acceptors (Lipinski definition) is 7. The van der Waals surface area contributed by atoms with Crippen LogP contribution in [0.2, 0.25) is 5.28 Å². The summed E-state index contributed by atoms with van der Waals surface area (Å²) in [5.74, 6) is 5.80. The Hall–Kier alpha value is -3.02. The summed E-state index contributed by atoms with van der Waals surface area (Å²) >= 11 is 6.12. The molecule has 1 unspecified atom stereocenters. The first-order valence-corrected chi connectivity index (χ1v) is 10.8. The van der Waals surface area contributed by atoms with E-state index in [2.05, 4.69) is 25.8 Å². The molecular formula is C22H23ClN6O2. The van der Waals surface area contributed by atoms with Crippen molar-refractivity contribution in [2.24, 2.45) is 5.92 Å². The highest BCUT2D eigenvalue weighted by molar-refractivity contribution is 6.28. The standard InChI is InChI=1S/C22H23ClN6O2/c1-2-14-8-16-17(31-12-30-16)9-15(14)10-18-26-19-20(24)27-22(23)28-21(19)29(18)7-5-13-4-3-6-25-11-13/h1,8-9,13,25H,3-7,10-12H2,(H2,24,27,28). The van der Waals surface area contributed by atoms with Gasteiger partial charge in [0.1, 0.15) is 5.82 Å². The molecule has 2 aliphatic heterocycles. The number of halogens is 1. The lowest BCUT2D eigenvalue weighted by atomic mass is 9.96. The predicted octanol–water partition coefficient (Wildman–Crippen LogP) is 2.75. The molecule has 160 valence electrons. The third-order valence-electron chi connectivity index (χ3n) is 5.94. The molecule has 1 aromatic carbocycles. The fraction of sp³-hybridized carbons (Fsp3) is 0.409. The van der Waals surface area contributed by atoms with E-state index in [1.165, 1.54) is 12.8 Å². The second-order valence-electron chi connectivity index (χ2n) is 7.91. The van der Waals surface area contributed by atoms with Gasteiger partial charge >= 0.3 is 0 Å². The molecule has 2 aliphatic rings. The van der Waals surface area contributed by atoms with Gasteiger partial charge in [-0.15, -0.1) is 6.42 Å². The first kappa shape index (κ1) is 19.9. The van der Waals surface area contributed by atoms with Crippen LogP contribution in [0.5, 0.6) is 11.5 Å². The van der Waals surface area contributed by atoms with Crippen LogP contribution in [0, 0.1) is 18.3 Å². The minimum absolute atomic E-state index is 0.115. The van der Waals surface area contributed by atoms with Gasteiger partial charge in [0.25, 0.3) is 0 Å². The van der Waals surface area contributed by atoms with Crippen LogP contribution in [0.3, 0.4) is 0 Å². The monoisotopic (exact) mass is 438 g/mol. The molecular weight excluding hydrogens is 416 g/mol. The summed E-state index contributed by atoms with van der Waals surface area (Å²) in [4.78, 5) is 13.3. The van der Waals surface area contributed by atoms with Gasteiger partial charge in [-0.2, -0.15) is 9.97 Å². The van der Waals surface area contributed by atoms with E-state index in [-0.39, 0.29) is 17.9 Å². The molecule has 0 amide bonds. The van der Waals surface area contributed by atoms with Crippen LogP contribution in [-0.2, 0) is 13.0 Å². The van der Waals surface area contributed by atoms with Crippen LogP contribution in [0.25, 0.3) is 11.2 Å². The fourth-order valence-electron chi connectivity index (χ4n) is 4.33. The lowest BCUT2D eigenvalue weighted by molar-refractivity contribution is 0.174. The molecule has 0 spiro atoms. The van der Waals surface area contributed by atoms with Crippen LogP contribution in [0.1, 0.15) is 36.2 Å². The Kier molecular flexibility index (Phi) is 5.30. The maximum Gasteiger partial charge on any atom is 0.231 e. The largest absolute Gasteiger partial charge is 0.454 e. The first-order chi connectivity index (χ1) is 15.1. The molecule has 0 aliphatic carbocycles. The smallest absolute Gasteiger partial charge is 0.231 e. The topological polar surface area (TPSA) is 100 Å². The number of hydrogen-bond donors (Lipinski definition) is 2. The maximum absolute atomic E-state index is 6.12. The van der Waals surface area contributed by atoms with Crippen LogP contribution in [0.15, 0.2) is 12.1 Å². The minimum Gasteiger partial charge on any atom is -0.454 e. The van der Waals surface area contributed by atoms with Gasteiger partial charge in [-0.1, -0.05) is 5.92 Å². The highest BCUT2D eigenvalue weighted by Crippen LogP contribution is 2.35. The SMILES string of the molecule is C#Cc1cc2c(cc1Cc1nc3c(N)nc(Cl)nc3n1CCC1CCCNC1)OCO2. The number of imidazole rings is 1. The lowest BCUT2D eigenvalue weighted by Crippen LogP contribution is -2.30. The van der Waals surface area contributed by atoms with Crippen molar-refractivity contribution < 1.29 is 9.47 Å². The molecule has 3 N–H and O–H groups in total. The average Bonchev–Trinajstić information content (AvgIpc) is 3.36. The second-order valence-corrected chi connectivity index (χ2v) is 8.25. The highest BCUT2D eigenvalue weighted by atomic mass is 35.5. The molecule has 9 heteroatoms. The number of nitrogen functional groups attached to an aromatic ring is 1. The quantitative estimate of drug-likeness (QED) is 0.466. The Morgan fingerprint density at radius 3 is 2.87 bits per heavy atom. The summed E-state index contributed by atoms with van der Waals surface area (Å²) in [5, 5.41) is 3.59. The summed E-state index contributed by atoms with van der Waals surface area (Å²) in [6.07, 6.45) is 9.71. The van der Waals surface area contributed by atoms with E-state index in [1.54, 1.807) is 0 Å². The van der Waals surface area contributed by atoms with Gasteiger partial charge in [0, 0.05) is 24.6 Å². The summed E-state index contributed by atoms with van der Waals surface area (Å²) in [6.45, 7) is 3.08. The zero-order chi connectivity index (χ0) is 21.4. The van der Waals surface area contributed by atoms with Crippen LogP contribution in [0.4, 0.5) is 5.82 Å².